The van der Waals surface area contributed by atoms with Crippen LogP contribution < -0.4 is 5.32 Å². The monoisotopic (exact) mass is 218 g/mol. The fraction of sp³-hybridized carbons (Fsp3) is 0.667. The molecule has 86 valence electrons. The van der Waals surface area contributed by atoms with Crippen molar-refractivity contribution in [3.05, 3.63) is 11.3 Å². The van der Waals surface area contributed by atoms with Crippen molar-refractivity contribution < 1.29 is 0 Å². The van der Waals surface area contributed by atoms with Gasteiger partial charge in [0.2, 0.25) is 0 Å². The molecule has 2 rings (SSSR count). The van der Waals surface area contributed by atoms with Gasteiger partial charge in [0.1, 0.15) is 17.5 Å². The lowest BCUT2D eigenvalue weighted by Gasteiger charge is -2.32. The summed E-state index contributed by atoms with van der Waals surface area (Å²) in [5, 5.41) is 16.8. The van der Waals surface area contributed by atoms with E-state index in [0.717, 1.165) is 17.4 Å². The minimum atomic E-state index is 0.427. The van der Waals surface area contributed by atoms with Crippen molar-refractivity contribution >= 4 is 5.82 Å². The van der Waals surface area contributed by atoms with Gasteiger partial charge in [0.05, 0.1) is 5.69 Å². The van der Waals surface area contributed by atoms with Crippen LogP contribution in [-0.4, -0.2) is 15.8 Å². The molecular weight excluding hydrogens is 200 g/mol. The quantitative estimate of drug-likeness (QED) is 0.846. The second kappa shape index (κ2) is 4.17. The number of nitriles is 1. The Balaban J connectivity index is 2.17. The van der Waals surface area contributed by atoms with Crippen molar-refractivity contribution in [1.82, 2.24) is 9.78 Å². The van der Waals surface area contributed by atoms with Gasteiger partial charge in [0.15, 0.2) is 0 Å². The van der Waals surface area contributed by atoms with Crippen LogP contribution >= 0.6 is 0 Å². The third-order valence-corrected chi connectivity index (χ3v) is 3.56. The molecule has 1 aromatic heterocycles. The van der Waals surface area contributed by atoms with E-state index in [1.54, 1.807) is 4.68 Å². The first-order valence-corrected chi connectivity index (χ1v) is 5.83. The van der Waals surface area contributed by atoms with Gasteiger partial charge in [0, 0.05) is 13.1 Å². The minimum Gasteiger partial charge on any atom is -0.366 e. The summed E-state index contributed by atoms with van der Waals surface area (Å²) in [5.41, 5.74) is 1.47. The summed E-state index contributed by atoms with van der Waals surface area (Å²) in [5.74, 6) is 1.61. The number of rotatable bonds is 3. The first-order valence-electron chi connectivity index (χ1n) is 5.83. The van der Waals surface area contributed by atoms with Gasteiger partial charge >= 0.3 is 0 Å². The molecule has 0 bridgehead atoms. The predicted octanol–water partition coefficient (Wildman–Crippen LogP) is 2.20. The van der Waals surface area contributed by atoms with Gasteiger partial charge in [-0.25, -0.2) is 0 Å². The van der Waals surface area contributed by atoms with E-state index < -0.39 is 0 Å². The number of nitrogens with one attached hydrogen (secondary N) is 1. The molecule has 1 fully saturated rings. The van der Waals surface area contributed by atoms with Crippen LogP contribution in [0.2, 0.25) is 0 Å². The molecule has 1 N–H and O–H groups in total. The zero-order chi connectivity index (χ0) is 11.7. The maximum Gasteiger partial charge on any atom is 0.142 e. The molecule has 0 aliphatic heterocycles. The highest BCUT2D eigenvalue weighted by Crippen LogP contribution is 2.31. The second-order valence-corrected chi connectivity index (χ2v) is 4.67. The van der Waals surface area contributed by atoms with Gasteiger partial charge in [-0.1, -0.05) is 6.42 Å². The fourth-order valence-corrected chi connectivity index (χ4v) is 2.23. The van der Waals surface area contributed by atoms with Crippen molar-refractivity contribution in [2.45, 2.75) is 39.2 Å². The van der Waals surface area contributed by atoms with E-state index >= 15 is 0 Å². The van der Waals surface area contributed by atoms with Crippen molar-refractivity contribution in [3.63, 3.8) is 0 Å². The average Bonchev–Trinajstić information content (AvgIpc) is 2.38. The standard InChI is InChI=1S/C12H18N4/c1-8(10-5-4-6-10)14-12-11(7-13)9(2)15-16(12)3/h8,10,14H,4-6H2,1-3H3. The van der Waals surface area contributed by atoms with Crippen molar-refractivity contribution in [2.75, 3.05) is 5.32 Å². The SMILES string of the molecule is Cc1nn(C)c(NC(C)C2CCC2)c1C#N. The Morgan fingerprint density at radius 2 is 2.25 bits per heavy atom. The highest BCUT2D eigenvalue weighted by Gasteiger charge is 2.25. The van der Waals surface area contributed by atoms with Gasteiger partial charge in [-0.3, -0.25) is 4.68 Å². The molecule has 0 saturated heterocycles. The fourth-order valence-electron chi connectivity index (χ4n) is 2.23. The van der Waals surface area contributed by atoms with Gasteiger partial charge in [0.25, 0.3) is 0 Å². The largest absolute Gasteiger partial charge is 0.366 e. The average molecular weight is 218 g/mol. The molecule has 1 aliphatic rings. The van der Waals surface area contributed by atoms with Crippen LogP contribution in [0.3, 0.4) is 0 Å². The van der Waals surface area contributed by atoms with E-state index in [1.807, 2.05) is 14.0 Å². The molecule has 1 aromatic rings. The molecule has 16 heavy (non-hydrogen) atoms. The van der Waals surface area contributed by atoms with E-state index in [4.69, 9.17) is 5.26 Å². The Labute approximate surface area is 96.3 Å². The molecule has 1 saturated carbocycles. The van der Waals surface area contributed by atoms with Gasteiger partial charge < -0.3 is 5.32 Å². The Kier molecular flexibility index (Phi) is 2.86. The van der Waals surface area contributed by atoms with Gasteiger partial charge in [-0.2, -0.15) is 10.4 Å². The van der Waals surface area contributed by atoms with E-state index in [2.05, 4.69) is 23.4 Å². The zero-order valence-corrected chi connectivity index (χ0v) is 10.1. The van der Waals surface area contributed by atoms with Crippen LogP contribution in [-0.2, 0) is 7.05 Å². The minimum absolute atomic E-state index is 0.427. The number of nitrogens with zero attached hydrogens (tertiary/aromatic N) is 3. The second-order valence-electron chi connectivity index (χ2n) is 4.67. The molecule has 1 heterocycles. The van der Waals surface area contributed by atoms with E-state index in [0.29, 0.717) is 11.6 Å². The lowest BCUT2D eigenvalue weighted by Crippen LogP contribution is -2.31. The molecular formula is C12H18N4. The van der Waals surface area contributed by atoms with Crippen molar-refractivity contribution in [2.24, 2.45) is 13.0 Å². The molecule has 1 aliphatic carbocycles. The third kappa shape index (κ3) is 1.78. The number of anilines is 1. The number of hydrogen-bond acceptors (Lipinski definition) is 3. The molecule has 1 unspecified atom stereocenters. The van der Waals surface area contributed by atoms with Crippen LogP contribution in [0, 0.1) is 24.2 Å². The maximum atomic E-state index is 9.09. The molecule has 4 nitrogen and oxygen atoms in total. The maximum absolute atomic E-state index is 9.09. The Hall–Kier alpha value is -1.50. The summed E-state index contributed by atoms with van der Waals surface area (Å²) in [7, 11) is 1.88. The molecule has 0 spiro atoms. The Morgan fingerprint density at radius 1 is 1.56 bits per heavy atom. The lowest BCUT2D eigenvalue weighted by molar-refractivity contribution is 0.284. The topological polar surface area (TPSA) is 53.6 Å². The summed E-state index contributed by atoms with van der Waals surface area (Å²) in [6.07, 6.45) is 3.94. The number of hydrogen-bond donors (Lipinski definition) is 1. The zero-order valence-electron chi connectivity index (χ0n) is 10.1. The highest BCUT2D eigenvalue weighted by atomic mass is 15.3. The number of aromatic nitrogens is 2. The van der Waals surface area contributed by atoms with Crippen molar-refractivity contribution in [1.29, 1.82) is 5.26 Å². The van der Waals surface area contributed by atoms with Gasteiger partial charge in [-0.15, -0.1) is 0 Å². The van der Waals surface area contributed by atoms with Crippen LogP contribution in [0.15, 0.2) is 0 Å². The van der Waals surface area contributed by atoms with Gasteiger partial charge in [-0.05, 0) is 32.6 Å². The van der Waals surface area contributed by atoms with E-state index in [9.17, 15) is 0 Å². The van der Waals surface area contributed by atoms with Crippen LogP contribution in [0.25, 0.3) is 0 Å². The predicted molar refractivity (Wildman–Crippen MR) is 63.1 cm³/mol. The Bertz CT molecular complexity index is 423. The summed E-state index contributed by atoms with van der Waals surface area (Å²) in [4.78, 5) is 0. The van der Waals surface area contributed by atoms with Crippen LogP contribution in [0.1, 0.15) is 37.4 Å². The van der Waals surface area contributed by atoms with Crippen LogP contribution in [0.5, 0.6) is 0 Å². The van der Waals surface area contributed by atoms with Crippen molar-refractivity contribution in [3.8, 4) is 6.07 Å². The van der Waals surface area contributed by atoms with E-state index in [1.165, 1.54) is 19.3 Å². The lowest BCUT2D eigenvalue weighted by atomic mass is 9.80. The first kappa shape index (κ1) is 11.0. The smallest absolute Gasteiger partial charge is 0.142 e. The van der Waals surface area contributed by atoms with Crippen LogP contribution in [0.4, 0.5) is 5.82 Å². The highest BCUT2D eigenvalue weighted by molar-refractivity contribution is 5.55. The van der Waals surface area contributed by atoms with E-state index in [-0.39, 0.29) is 0 Å². The molecule has 1 atom stereocenters. The summed E-state index contributed by atoms with van der Waals surface area (Å²) in [6.45, 7) is 4.06. The molecule has 0 amide bonds. The number of aryl methyl sites for hydroxylation is 2. The summed E-state index contributed by atoms with van der Waals surface area (Å²) >= 11 is 0. The molecule has 0 aromatic carbocycles. The first-order chi connectivity index (χ1) is 7.63. The molecule has 4 heteroatoms. The summed E-state index contributed by atoms with van der Waals surface area (Å²) < 4.78 is 1.77. The normalized spacial score (nSPS) is 17.6. The molecule has 0 radical (unpaired) electrons. The summed E-state index contributed by atoms with van der Waals surface area (Å²) in [6, 6.07) is 2.65. The third-order valence-electron chi connectivity index (χ3n) is 3.56. The Morgan fingerprint density at radius 3 is 2.75 bits per heavy atom.